The van der Waals surface area contributed by atoms with Crippen LogP contribution in [0.4, 0.5) is 5.69 Å². The van der Waals surface area contributed by atoms with Crippen LogP contribution in [-0.2, 0) is 0 Å². The second kappa shape index (κ2) is 6.13. The van der Waals surface area contributed by atoms with Gasteiger partial charge in [-0.15, -0.1) is 0 Å². The summed E-state index contributed by atoms with van der Waals surface area (Å²) in [5, 5.41) is 12.6. The number of nitrogens with two attached hydrogens (primary N) is 1. The Morgan fingerprint density at radius 1 is 1.40 bits per heavy atom. The Morgan fingerprint density at radius 2 is 2.05 bits per heavy atom. The van der Waals surface area contributed by atoms with Gasteiger partial charge < -0.3 is 21.1 Å². The molecule has 0 bridgehead atoms. The van der Waals surface area contributed by atoms with Crippen LogP contribution in [0.15, 0.2) is 18.2 Å². The molecule has 1 aromatic rings. The average molecular weight is 277 g/mol. The third-order valence-corrected chi connectivity index (χ3v) is 3.89. The fourth-order valence-corrected chi connectivity index (χ4v) is 2.51. The van der Waals surface area contributed by atoms with Gasteiger partial charge in [-0.1, -0.05) is 0 Å². The van der Waals surface area contributed by atoms with Gasteiger partial charge in [-0.3, -0.25) is 4.79 Å². The van der Waals surface area contributed by atoms with Gasteiger partial charge in [-0.2, -0.15) is 0 Å². The van der Waals surface area contributed by atoms with Gasteiger partial charge in [0.2, 0.25) is 0 Å². The van der Waals surface area contributed by atoms with Gasteiger partial charge >= 0.3 is 0 Å². The Balaban J connectivity index is 1.91. The Kier molecular flexibility index (Phi) is 4.49. The van der Waals surface area contributed by atoms with Gasteiger partial charge in [0.15, 0.2) is 0 Å². The highest BCUT2D eigenvalue weighted by Crippen LogP contribution is 2.21. The highest BCUT2D eigenvalue weighted by Gasteiger charge is 2.22. The minimum atomic E-state index is -0.150. The van der Waals surface area contributed by atoms with Crippen LogP contribution in [0.5, 0.6) is 5.75 Å². The van der Waals surface area contributed by atoms with E-state index in [9.17, 15) is 9.90 Å². The highest BCUT2D eigenvalue weighted by molar-refractivity contribution is 5.95. The van der Waals surface area contributed by atoms with E-state index in [1.165, 1.54) is 6.07 Å². The topological polar surface area (TPSA) is 78.6 Å². The summed E-state index contributed by atoms with van der Waals surface area (Å²) in [4.78, 5) is 14.5. The lowest BCUT2D eigenvalue weighted by Crippen LogP contribution is -2.46. The number of hydrogen-bond acceptors (Lipinski definition) is 4. The van der Waals surface area contributed by atoms with Crippen LogP contribution < -0.4 is 11.1 Å². The number of aromatic hydroxyl groups is 1. The van der Waals surface area contributed by atoms with Crippen molar-refractivity contribution in [3.63, 3.8) is 0 Å². The molecule has 0 atom stereocenters. The normalized spacial score (nSPS) is 17.4. The number of nitrogens with zero attached hydrogens (tertiary/aromatic N) is 1. The molecule has 0 saturated carbocycles. The number of carbonyl (C=O) groups excluding carboxylic acids is 1. The molecular formula is C15H23N3O2. The van der Waals surface area contributed by atoms with Crippen LogP contribution in [0.25, 0.3) is 0 Å². The van der Waals surface area contributed by atoms with Crippen molar-refractivity contribution >= 4 is 11.6 Å². The molecule has 1 fully saturated rings. The number of carbonyl (C=O) groups is 1. The van der Waals surface area contributed by atoms with Crippen molar-refractivity contribution in [2.24, 2.45) is 0 Å². The van der Waals surface area contributed by atoms with Crippen molar-refractivity contribution in [1.82, 2.24) is 10.2 Å². The molecule has 20 heavy (non-hydrogen) atoms. The number of likely N-dealkylation sites (tertiary alicyclic amines) is 1. The molecular weight excluding hydrogens is 254 g/mol. The van der Waals surface area contributed by atoms with Crippen molar-refractivity contribution in [2.45, 2.75) is 38.8 Å². The molecule has 0 spiro atoms. The molecule has 110 valence electrons. The molecule has 1 aliphatic rings. The number of phenols is 1. The van der Waals surface area contributed by atoms with E-state index in [1.54, 1.807) is 12.1 Å². The summed E-state index contributed by atoms with van der Waals surface area (Å²) in [7, 11) is 0. The van der Waals surface area contributed by atoms with E-state index in [2.05, 4.69) is 24.1 Å². The van der Waals surface area contributed by atoms with E-state index in [0.717, 1.165) is 25.9 Å². The van der Waals surface area contributed by atoms with Gasteiger partial charge in [-0.05, 0) is 44.9 Å². The quantitative estimate of drug-likeness (QED) is 0.579. The lowest BCUT2D eigenvalue weighted by Gasteiger charge is -2.34. The predicted octanol–water partition coefficient (Wildman–Crippen LogP) is 1.58. The van der Waals surface area contributed by atoms with Crippen molar-refractivity contribution in [2.75, 3.05) is 18.8 Å². The van der Waals surface area contributed by atoms with Crippen molar-refractivity contribution in [3.05, 3.63) is 23.8 Å². The minimum Gasteiger partial charge on any atom is -0.506 e. The van der Waals surface area contributed by atoms with E-state index < -0.39 is 0 Å². The maximum Gasteiger partial charge on any atom is 0.251 e. The molecule has 1 aromatic carbocycles. The van der Waals surface area contributed by atoms with Gasteiger partial charge in [0.05, 0.1) is 5.69 Å². The molecule has 5 nitrogen and oxygen atoms in total. The Labute approximate surface area is 119 Å². The summed E-state index contributed by atoms with van der Waals surface area (Å²) in [6.45, 7) is 6.40. The zero-order valence-electron chi connectivity index (χ0n) is 12.1. The number of hydrogen-bond donors (Lipinski definition) is 3. The van der Waals surface area contributed by atoms with Crippen molar-refractivity contribution in [1.29, 1.82) is 0 Å². The first-order chi connectivity index (χ1) is 9.47. The zero-order chi connectivity index (χ0) is 14.7. The lowest BCUT2D eigenvalue weighted by molar-refractivity contribution is 0.0900. The second-order valence-corrected chi connectivity index (χ2v) is 5.65. The molecule has 0 aromatic heterocycles. The molecule has 1 saturated heterocycles. The number of nitrogen functional groups attached to an aromatic ring is 1. The Hall–Kier alpha value is -1.75. The molecule has 0 radical (unpaired) electrons. The van der Waals surface area contributed by atoms with Crippen LogP contribution in [0.2, 0.25) is 0 Å². The molecule has 1 heterocycles. The maximum absolute atomic E-state index is 12.1. The summed E-state index contributed by atoms with van der Waals surface area (Å²) in [6.07, 6.45) is 1.93. The van der Waals surface area contributed by atoms with Crippen LogP contribution in [-0.4, -0.2) is 41.1 Å². The summed E-state index contributed by atoms with van der Waals surface area (Å²) in [5.74, 6) is -0.199. The summed E-state index contributed by atoms with van der Waals surface area (Å²) >= 11 is 0. The van der Waals surface area contributed by atoms with Crippen LogP contribution in [0, 0.1) is 0 Å². The molecule has 4 N–H and O–H groups in total. The SMILES string of the molecule is CC(C)N1CCC(NC(=O)c2ccc(N)c(O)c2)CC1. The van der Waals surface area contributed by atoms with E-state index in [4.69, 9.17) is 5.73 Å². The van der Waals surface area contributed by atoms with E-state index in [1.807, 2.05) is 0 Å². The Morgan fingerprint density at radius 3 is 2.60 bits per heavy atom. The van der Waals surface area contributed by atoms with Gasteiger partial charge in [-0.25, -0.2) is 0 Å². The second-order valence-electron chi connectivity index (χ2n) is 5.65. The zero-order valence-corrected chi connectivity index (χ0v) is 12.1. The number of benzene rings is 1. The van der Waals surface area contributed by atoms with Gasteiger partial charge in [0.1, 0.15) is 5.75 Å². The number of amides is 1. The number of nitrogens with one attached hydrogen (secondary N) is 1. The van der Waals surface area contributed by atoms with Crippen LogP contribution in [0.1, 0.15) is 37.0 Å². The largest absolute Gasteiger partial charge is 0.506 e. The fourth-order valence-electron chi connectivity index (χ4n) is 2.51. The monoisotopic (exact) mass is 277 g/mol. The lowest BCUT2D eigenvalue weighted by atomic mass is 10.0. The minimum absolute atomic E-state index is 0.0488. The average Bonchev–Trinajstić information content (AvgIpc) is 2.42. The van der Waals surface area contributed by atoms with Crippen molar-refractivity contribution in [3.8, 4) is 5.75 Å². The summed E-state index contributed by atoms with van der Waals surface area (Å²) in [6, 6.07) is 5.35. The first kappa shape index (κ1) is 14.7. The first-order valence-electron chi connectivity index (χ1n) is 7.10. The smallest absolute Gasteiger partial charge is 0.251 e. The molecule has 0 aliphatic carbocycles. The predicted molar refractivity (Wildman–Crippen MR) is 79.7 cm³/mol. The summed E-state index contributed by atoms with van der Waals surface area (Å²) in [5.41, 5.74) is 6.26. The van der Waals surface area contributed by atoms with Crippen molar-refractivity contribution < 1.29 is 9.90 Å². The number of rotatable bonds is 3. The Bertz CT molecular complexity index is 480. The number of anilines is 1. The third kappa shape index (κ3) is 3.42. The first-order valence-corrected chi connectivity index (χ1v) is 7.10. The fraction of sp³-hybridized carbons (Fsp3) is 0.533. The number of piperidine rings is 1. The molecule has 1 amide bonds. The molecule has 5 heteroatoms. The van der Waals surface area contributed by atoms with E-state index in [0.29, 0.717) is 11.6 Å². The van der Waals surface area contributed by atoms with Crippen LogP contribution >= 0.6 is 0 Å². The number of phenolic OH excluding ortho intramolecular Hbond substituents is 1. The highest BCUT2D eigenvalue weighted by atomic mass is 16.3. The maximum atomic E-state index is 12.1. The van der Waals surface area contributed by atoms with Gasteiger partial charge in [0.25, 0.3) is 5.91 Å². The van der Waals surface area contributed by atoms with E-state index >= 15 is 0 Å². The molecule has 2 rings (SSSR count). The third-order valence-electron chi connectivity index (χ3n) is 3.89. The molecule has 0 unspecified atom stereocenters. The van der Waals surface area contributed by atoms with Gasteiger partial charge in [0, 0.05) is 30.7 Å². The summed E-state index contributed by atoms with van der Waals surface area (Å²) < 4.78 is 0. The standard InChI is InChI=1S/C15H23N3O2/c1-10(2)18-7-5-12(6-8-18)17-15(20)11-3-4-13(16)14(19)9-11/h3-4,9-10,12,19H,5-8,16H2,1-2H3,(H,17,20). The van der Waals surface area contributed by atoms with E-state index in [-0.39, 0.29) is 23.4 Å². The molecule has 1 aliphatic heterocycles. The van der Waals surface area contributed by atoms with Crippen LogP contribution in [0.3, 0.4) is 0 Å².